The third-order valence-electron chi connectivity index (χ3n) is 5.29. The zero-order valence-electron chi connectivity index (χ0n) is 21.3. The highest BCUT2D eigenvalue weighted by Crippen LogP contribution is 2.23. The van der Waals surface area contributed by atoms with Crippen molar-refractivity contribution in [3.63, 3.8) is 0 Å². The predicted molar refractivity (Wildman–Crippen MR) is 136 cm³/mol. The van der Waals surface area contributed by atoms with E-state index in [0.717, 1.165) is 5.56 Å². The Morgan fingerprint density at radius 2 is 1.63 bits per heavy atom. The molecule has 0 heterocycles. The highest BCUT2D eigenvalue weighted by Gasteiger charge is 2.35. The summed E-state index contributed by atoms with van der Waals surface area (Å²) in [6, 6.07) is 14.6. The Labute approximate surface area is 208 Å². The summed E-state index contributed by atoms with van der Waals surface area (Å²) in [6.07, 6.45) is 4.78. The molecule has 7 nitrogen and oxygen atoms in total. The number of hydrogen-bond acceptors (Lipinski definition) is 4. The Hall–Kier alpha value is -3.79. The lowest BCUT2D eigenvalue weighted by molar-refractivity contribution is -0.141. The minimum Gasteiger partial charge on any atom is -0.444 e. The van der Waals surface area contributed by atoms with E-state index in [2.05, 4.69) is 16.6 Å². The first kappa shape index (κ1) is 27.5. The normalized spacial score (nSPS) is 12.7. The standard InChI is InChI=1S/C28H35N3O4/c1-8-20-14-16-22(17-15-20)24(25(32)29-18-21-12-10-9-11-13-21)31(7)26(33)23(19(2)3)30-27(34)35-28(4,5)6/h1,9-17,19,23-24H,18H2,2-7H3,(H,29,32)(H,30,34). The number of likely N-dealkylation sites (N-methyl/N-ethyl adjacent to an activating group) is 1. The average molecular weight is 478 g/mol. The van der Waals surface area contributed by atoms with Gasteiger partial charge in [0.1, 0.15) is 17.7 Å². The predicted octanol–water partition coefficient (Wildman–Crippen LogP) is 4.03. The van der Waals surface area contributed by atoms with Gasteiger partial charge in [-0.15, -0.1) is 6.42 Å². The van der Waals surface area contributed by atoms with Crippen LogP contribution in [-0.4, -0.2) is 41.5 Å². The number of nitrogens with zero attached hydrogens (tertiary/aromatic N) is 1. The number of rotatable bonds is 8. The van der Waals surface area contributed by atoms with Crippen LogP contribution >= 0.6 is 0 Å². The van der Waals surface area contributed by atoms with Gasteiger partial charge in [0, 0.05) is 19.2 Å². The van der Waals surface area contributed by atoms with Crippen LogP contribution in [0.4, 0.5) is 4.79 Å². The maximum absolute atomic E-state index is 13.5. The van der Waals surface area contributed by atoms with Gasteiger partial charge in [-0.2, -0.15) is 0 Å². The molecule has 0 bridgehead atoms. The van der Waals surface area contributed by atoms with Crippen molar-refractivity contribution < 1.29 is 19.1 Å². The summed E-state index contributed by atoms with van der Waals surface area (Å²) in [5, 5.41) is 5.58. The minimum absolute atomic E-state index is 0.241. The lowest BCUT2D eigenvalue weighted by Gasteiger charge is -2.33. The van der Waals surface area contributed by atoms with Crippen molar-refractivity contribution in [3.05, 3.63) is 71.3 Å². The summed E-state index contributed by atoms with van der Waals surface area (Å²) in [5.41, 5.74) is 1.49. The van der Waals surface area contributed by atoms with Crippen LogP contribution < -0.4 is 10.6 Å². The van der Waals surface area contributed by atoms with Crippen LogP contribution in [-0.2, 0) is 20.9 Å². The molecule has 0 saturated heterocycles. The van der Waals surface area contributed by atoms with Gasteiger partial charge in [-0.05, 0) is 49.9 Å². The zero-order chi connectivity index (χ0) is 26.2. The van der Waals surface area contributed by atoms with E-state index in [1.807, 2.05) is 44.2 Å². The maximum Gasteiger partial charge on any atom is 0.408 e. The molecule has 2 atom stereocenters. The van der Waals surface area contributed by atoms with Crippen LogP contribution in [0.2, 0.25) is 0 Å². The van der Waals surface area contributed by atoms with Gasteiger partial charge in [0.2, 0.25) is 11.8 Å². The molecule has 0 spiro atoms. The van der Waals surface area contributed by atoms with E-state index in [1.54, 1.807) is 52.1 Å². The molecule has 0 aliphatic carbocycles. The number of benzene rings is 2. The second-order valence-electron chi connectivity index (χ2n) is 9.69. The lowest BCUT2D eigenvalue weighted by Crippen LogP contribution is -2.53. The van der Waals surface area contributed by atoms with Gasteiger partial charge >= 0.3 is 6.09 Å². The third-order valence-corrected chi connectivity index (χ3v) is 5.29. The first-order valence-corrected chi connectivity index (χ1v) is 11.6. The van der Waals surface area contributed by atoms with Crippen LogP contribution in [0.1, 0.15) is 57.4 Å². The molecule has 2 unspecified atom stereocenters. The fourth-order valence-electron chi connectivity index (χ4n) is 3.49. The van der Waals surface area contributed by atoms with Crippen molar-refractivity contribution in [2.75, 3.05) is 7.05 Å². The SMILES string of the molecule is C#Cc1ccc(C(C(=O)NCc2ccccc2)N(C)C(=O)C(NC(=O)OC(C)(C)C)C(C)C)cc1. The Morgan fingerprint density at radius 3 is 2.14 bits per heavy atom. The molecule has 2 N–H and O–H groups in total. The maximum atomic E-state index is 13.5. The molecule has 2 rings (SSSR count). The van der Waals surface area contributed by atoms with Crippen LogP contribution in [0.25, 0.3) is 0 Å². The average Bonchev–Trinajstić information content (AvgIpc) is 2.80. The van der Waals surface area contributed by atoms with Crippen molar-refractivity contribution in [1.29, 1.82) is 0 Å². The first-order valence-electron chi connectivity index (χ1n) is 11.6. The van der Waals surface area contributed by atoms with E-state index in [4.69, 9.17) is 11.2 Å². The third kappa shape index (κ3) is 8.18. The molecule has 2 aromatic rings. The molecular weight excluding hydrogens is 442 g/mol. The Morgan fingerprint density at radius 1 is 1.03 bits per heavy atom. The molecule has 2 aromatic carbocycles. The van der Waals surface area contributed by atoms with E-state index in [0.29, 0.717) is 17.7 Å². The van der Waals surface area contributed by atoms with Crippen molar-refractivity contribution >= 4 is 17.9 Å². The minimum atomic E-state index is -0.931. The number of carbonyl (C=O) groups excluding carboxylic acids is 3. The quantitative estimate of drug-likeness (QED) is 0.562. The van der Waals surface area contributed by atoms with E-state index >= 15 is 0 Å². The van der Waals surface area contributed by atoms with Crippen molar-refractivity contribution in [2.45, 2.75) is 58.8 Å². The van der Waals surface area contributed by atoms with Gasteiger partial charge < -0.3 is 20.3 Å². The Bertz CT molecular complexity index is 1050. The second kappa shape index (κ2) is 12.1. The molecule has 3 amide bonds. The van der Waals surface area contributed by atoms with Gasteiger partial charge in [-0.3, -0.25) is 9.59 Å². The number of carbonyl (C=O) groups is 3. The summed E-state index contributed by atoms with van der Waals surface area (Å²) >= 11 is 0. The largest absolute Gasteiger partial charge is 0.444 e. The van der Waals surface area contributed by atoms with Gasteiger partial charge in [0.25, 0.3) is 0 Å². The van der Waals surface area contributed by atoms with Crippen LogP contribution in [0.3, 0.4) is 0 Å². The monoisotopic (exact) mass is 477 g/mol. The summed E-state index contributed by atoms with van der Waals surface area (Å²) in [7, 11) is 1.55. The summed E-state index contributed by atoms with van der Waals surface area (Å²) < 4.78 is 5.34. The van der Waals surface area contributed by atoms with Crippen LogP contribution in [0, 0.1) is 18.3 Å². The van der Waals surface area contributed by atoms with Crippen molar-refractivity contribution in [1.82, 2.24) is 15.5 Å². The summed E-state index contributed by atoms with van der Waals surface area (Å²) in [6.45, 7) is 9.19. The van der Waals surface area contributed by atoms with E-state index in [1.165, 1.54) is 4.90 Å². The number of amides is 3. The topological polar surface area (TPSA) is 87.7 Å². The molecule has 0 aromatic heterocycles. The van der Waals surface area contributed by atoms with E-state index < -0.39 is 29.7 Å². The molecule has 186 valence electrons. The molecule has 0 fully saturated rings. The van der Waals surface area contributed by atoms with Gasteiger partial charge in [0.15, 0.2) is 0 Å². The van der Waals surface area contributed by atoms with E-state index in [9.17, 15) is 14.4 Å². The molecule has 0 aliphatic heterocycles. The smallest absolute Gasteiger partial charge is 0.408 e. The number of hydrogen-bond donors (Lipinski definition) is 2. The second-order valence-corrected chi connectivity index (χ2v) is 9.69. The lowest BCUT2D eigenvalue weighted by atomic mass is 9.99. The van der Waals surface area contributed by atoms with E-state index in [-0.39, 0.29) is 11.8 Å². The highest BCUT2D eigenvalue weighted by atomic mass is 16.6. The molecular formula is C28H35N3O4. The zero-order valence-corrected chi connectivity index (χ0v) is 21.3. The number of nitrogens with one attached hydrogen (secondary N) is 2. The number of alkyl carbamates (subject to hydrolysis) is 1. The highest BCUT2D eigenvalue weighted by molar-refractivity contribution is 5.92. The van der Waals surface area contributed by atoms with Crippen LogP contribution in [0.15, 0.2) is 54.6 Å². The van der Waals surface area contributed by atoms with Gasteiger partial charge in [0.05, 0.1) is 0 Å². The van der Waals surface area contributed by atoms with Gasteiger partial charge in [-0.1, -0.05) is 62.2 Å². The first-order chi connectivity index (χ1) is 16.4. The molecule has 0 saturated carbocycles. The number of ether oxygens (including phenoxy) is 1. The fourth-order valence-corrected chi connectivity index (χ4v) is 3.49. The fraction of sp³-hybridized carbons (Fsp3) is 0.393. The molecule has 0 radical (unpaired) electrons. The van der Waals surface area contributed by atoms with Crippen molar-refractivity contribution in [3.8, 4) is 12.3 Å². The van der Waals surface area contributed by atoms with Gasteiger partial charge in [-0.25, -0.2) is 4.79 Å². The molecule has 7 heteroatoms. The van der Waals surface area contributed by atoms with Crippen molar-refractivity contribution in [2.24, 2.45) is 5.92 Å². The number of terminal acetylenes is 1. The van der Waals surface area contributed by atoms with Crippen LogP contribution in [0.5, 0.6) is 0 Å². The Kier molecular flexibility index (Phi) is 9.47. The molecule has 35 heavy (non-hydrogen) atoms. The summed E-state index contributed by atoms with van der Waals surface area (Å²) in [4.78, 5) is 40.7. The Balaban J connectivity index is 2.31. The summed E-state index contributed by atoms with van der Waals surface area (Å²) in [5.74, 6) is 1.55. The molecule has 0 aliphatic rings.